The van der Waals surface area contributed by atoms with Crippen molar-refractivity contribution in [2.75, 3.05) is 17.7 Å². The molecule has 118 valence electrons. The third-order valence-corrected chi connectivity index (χ3v) is 4.70. The molecule has 23 heavy (non-hydrogen) atoms. The highest BCUT2D eigenvalue weighted by atomic mass is 32.2. The van der Waals surface area contributed by atoms with Gasteiger partial charge in [-0.1, -0.05) is 0 Å². The number of carbonyl (C=O) groups is 2. The first-order valence-corrected chi connectivity index (χ1v) is 8.02. The SMILES string of the molecule is COc1ccc(NC(=O)c2ccc3c(c2)NC(=O)[C@H](C)S3)cc1. The molecule has 1 aliphatic rings. The Bertz CT molecular complexity index is 759. The van der Waals surface area contributed by atoms with Crippen LogP contribution in [0.3, 0.4) is 0 Å². The molecule has 0 aromatic heterocycles. The summed E-state index contributed by atoms with van der Waals surface area (Å²) in [6.07, 6.45) is 0. The number of anilines is 2. The number of fused-ring (bicyclic) bond motifs is 1. The van der Waals surface area contributed by atoms with Crippen LogP contribution in [0.4, 0.5) is 11.4 Å². The summed E-state index contributed by atoms with van der Waals surface area (Å²) in [6.45, 7) is 1.85. The van der Waals surface area contributed by atoms with E-state index in [9.17, 15) is 9.59 Å². The molecule has 2 aromatic carbocycles. The van der Waals surface area contributed by atoms with Crippen LogP contribution in [0.25, 0.3) is 0 Å². The Balaban J connectivity index is 1.77. The highest BCUT2D eigenvalue weighted by Gasteiger charge is 2.23. The van der Waals surface area contributed by atoms with Crippen LogP contribution >= 0.6 is 11.8 Å². The summed E-state index contributed by atoms with van der Waals surface area (Å²) in [5, 5.41) is 5.53. The summed E-state index contributed by atoms with van der Waals surface area (Å²) >= 11 is 1.49. The first-order valence-electron chi connectivity index (χ1n) is 7.14. The molecule has 0 unspecified atom stereocenters. The summed E-state index contributed by atoms with van der Waals surface area (Å²) in [5.41, 5.74) is 1.86. The Morgan fingerprint density at radius 3 is 2.65 bits per heavy atom. The lowest BCUT2D eigenvalue weighted by Crippen LogP contribution is -2.26. The standard InChI is InChI=1S/C17H16N2O3S/c1-10-16(20)19-14-9-11(3-8-15(14)23-10)17(21)18-12-4-6-13(22-2)7-5-12/h3-10H,1-2H3,(H,18,21)(H,19,20)/t10-/m0/s1. The third-order valence-electron chi connectivity index (χ3n) is 3.52. The minimum Gasteiger partial charge on any atom is -0.497 e. The van der Waals surface area contributed by atoms with Crippen LogP contribution in [0.15, 0.2) is 47.4 Å². The van der Waals surface area contributed by atoms with Gasteiger partial charge < -0.3 is 15.4 Å². The predicted octanol–water partition coefficient (Wildman–Crippen LogP) is 3.38. The molecular weight excluding hydrogens is 312 g/mol. The zero-order valence-corrected chi connectivity index (χ0v) is 13.6. The minimum absolute atomic E-state index is 0.0461. The van der Waals surface area contributed by atoms with Crippen LogP contribution in [0.2, 0.25) is 0 Å². The van der Waals surface area contributed by atoms with Gasteiger partial charge in [-0.25, -0.2) is 0 Å². The van der Waals surface area contributed by atoms with E-state index in [1.54, 1.807) is 43.5 Å². The molecular formula is C17H16N2O3S. The molecule has 1 aliphatic heterocycles. The van der Waals surface area contributed by atoms with Crippen molar-refractivity contribution >= 4 is 35.0 Å². The summed E-state index contributed by atoms with van der Waals surface area (Å²) in [4.78, 5) is 25.1. The van der Waals surface area contributed by atoms with Crippen molar-refractivity contribution in [2.24, 2.45) is 0 Å². The molecule has 0 radical (unpaired) electrons. The molecule has 0 bridgehead atoms. The van der Waals surface area contributed by atoms with Crippen LogP contribution in [0.1, 0.15) is 17.3 Å². The van der Waals surface area contributed by atoms with Crippen molar-refractivity contribution in [3.8, 4) is 5.75 Å². The lowest BCUT2D eigenvalue weighted by molar-refractivity contribution is -0.115. The zero-order valence-electron chi connectivity index (χ0n) is 12.8. The Morgan fingerprint density at radius 2 is 1.96 bits per heavy atom. The van der Waals surface area contributed by atoms with Crippen molar-refractivity contribution in [1.29, 1.82) is 0 Å². The smallest absolute Gasteiger partial charge is 0.255 e. The number of rotatable bonds is 3. The number of thioether (sulfide) groups is 1. The minimum atomic E-state index is -0.226. The fourth-order valence-corrected chi connectivity index (χ4v) is 3.16. The average Bonchev–Trinajstić information content (AvgIpc) is 2.56. The average molecular weight is 328 g/mol. The number of nitrogens with one attached hydrogen (secondary N) is 2. The van der Waals surface area contributed by atoms with Gasteiger partial charge in [0.15, 0.2) is 0 Å². The van der Waals surface area contributed by atoms with Gasteiger partial charge in [0.05, 0.1) is 18.0 Å². The Labute approximate surface area is 138 Å². The van der Waals surface area contributed by atoms with Crippen molar-refractivity contribution < 1.29 is 14.3 Å². The molecule has 1 heterocycles. The maximum absolute atomic E-state index is 12.3. The number of carbonyl (C=O) groups excluding carboxylic acids is 2. The maximum atomic E-state index is 12.3. The Kier molecular flexibility index (Phi) is 4.25. The third kappa shape index (κ3) is 3.32. The molecule has 2 aromatic rings. The predicted molar refractivity (Wildman–Crippen MR) is 91.3 cm³/mol. The normalized spacial score (nSPS) is 16.3. The van der Waals surface area contributed by atoms with Gasteiger partial charge in [0.2, 0.25) is 5.91 Å². The second kappa shape index (κ2) is 6.34. The number of amides is 2. The highest BCUT2D eigenvalue weighted by molar-refractivity contribution is 8.00. The first-order chi connectivity index (χ1) is 11.1. The van der Waals surface area contributed by atoms with E-state index in [1.807, 2.05) is 13.0 Å². The van der Waals surface area contributed by atoms with E-state index >= 15 is 0 Å². The van der Waals surface area contributed by atoms with E-state index in [0.717, 1.165) is 10.6 Å². The number of hydrogen-bond acceptors (Lipinski definition) is 4. The van der Waals surface area contributed by atoms with E-state index in [-0.39, 0.29) is 17.1 Å². The summed E-state index contributed by atoms with van der Waals surface area (Å²) in [7, 11) is 1.59. The van der Waals surface area contributed by atoms with Crippen molar-refractivity contribution in [3.05, 3.63) is 48.0 Å². The monoisotopic (exact) mass is 328 g/mol. The van der Waals surface area contributed by atoms with E-state index in [2.05, 4.69) is 10.6 Å². The molecule has 3 rings (SSSR count). The molecule has 6 heteroatoms. The van der Waals surface area contributed by atoms with E-state index < -0.39 is 0 Å². The lowest BCUT2D eigenvalue weighted by Gasteiger charge is -2.21. The van der Waals surface area contributed by atoms with Gasteiger partial charge >= 0.3 is 0 Å². The van der Waals surface area contributed by atoms with E-state index in [1.165, 1.54) is 11.8 Å². The molecule has 0 saturated heterocycles. The van der Waals surface area contributed by atoms with Gasteiger partial charge in [-0.15, -0.1) is 11.8 Å². The molecule has 2 amide bonds. The molecule has 0 saturated carbocycles. The summed E-state index contributed by atoms with van der Waals surface area (Å²) in [6, 6.07) is 12.4. The second-order valence-corrected chi connectivity index (χ2v) is 6.53. The van der Waals surface area contributed by atoms with Crippen molar-refractivity contribution in [3.63, 3.8) is 0 Å². The van der Waals surface area contributed by atoms with Crippen molar-refractivity contribution in [1.82, 2.24) is 0 Å². The van der Waals surface area contributed by atoms with Gasteiger partial charge in [-0.05, 0) is 49.4 Å². The second-order valence-electron chi connectivity index (χ2n) is 5.14. The molecule has 0 fully saturated rings. The molecule has 2 N–H and O–H groups in total. The van der Waals surface area contributed by atoms with Crippen LogP contribution < -0.4 is 15.4 Å². The van der Waals surface area contributed by atoms with Gasteiger partial charge in [0, 0.05) is 16.1 Å². The van der Waals surface area contributed by atoms with Crippen LogP contribution in [0.5, 0.6) is 5.75 Å². The topological polar surface area (TPSA) is 67.4 Å². The fraction of sp³-hybridized carbons (Fsp3) is 0.176. The molecule has 1 atom stereocenters. The van der Waals surface area contributed by atoms with Gasteiger partial charge in [-0.3, -0.25) is 9.59 Å². The molecule has 0 aliphatic carbocycles. The van der Waals surface area contributed by atoms with Crippen LogP contribution in [0, 0.1) is 0 Å². The fourth-order valence-electron chi connectivity index (χ4n) is 2.23. The molecule has 0 spiro atoms. The number of ether oxygens (including phenoxy) is 1. The Morgan fingerprint density at radius 1 is 1.22 bits per heavy atom. The highest BCUT2D eigenvalue weighted by Crippen LogP contribution is 2.36. The quantitative estimate of drug-likeness (QED) is 0.906. The van der Waals surface area contributed by atoms with Crippen molar-refractivity contribution in [2.45, 2.75) is 17.1 Å². The maximum Gasteiger partial charge on any atom is 0.255 e. The largest absolute Gasteiger partial charge is 0.497 e. The summed E-state index contributed by atoms with van der Waals surface area (Å²) in [5.74, 6) is 0.455. The zero-order chi connectivity index (χ0) is 16.4. The Hall–Kier alpha value is -2.47. The number of methoxy groups -OCH3 is 1. The first kappa shape index (κ1) is 15.4. The van der Waals surface area contributed by atoms with E-state index in [0.29, 0.717) is 16.9 Å². The van der Waals surface area contributed by atoms with Gasteiger partial charge in [0.25, 0.3) is 5.91 Å². The van der Waals surface area contributed by atoms with Crippen LogP contribution in [-0.2, 0) is 4.79 Å². The number of benzene rings is 2. The lowest BCUT2D eigenvalue weighted by atomic mass is 10.1. The molecule has 5 nitrogen and oxygen atoms in total. The van der Waals surface area contributed by atoms with Crippen LogP contribution in [-0.4, -0.2) is 24.2 Å². The van der Waals surface area contributed by atoms with Gasteiger partial charge in [0.1, 0.15) is 5.75 Å². The van der Waals surface area contributed by atoms with E-state index in [4.69, 9.17) is 4.74 Å². The summed E-state index contributed by atoms with van der Waals surface area (Å²) < 4.78 is 5.08. The van der Waals surface area contributed by atoms with Gasteiger partial charge in [-0.2, -0.15) is 0 Å². The number of hydrogen-bond donors (Lipinski definition) is 2.